The van der Waals surface area contributed by atoms with Gasteiger partial charge in [0.15, 0.2) is 0 Å². The predicted octanol–water partition coefficient (Wildman–Crippen LogP) is 3.71. The Morgan fingerprint density at radius 3 is 2.82 bits per heavy atom. The number of hydrogen-bond acceptors (Lipinski definition) is 6. The number of benzene rings is 1. The number of carbonyl (C=O) groups excluding carboxylic acids is 1. The minimum atomic E-state index is -0.336. The Morgan fingerprint density at radius 1 is 1.32 bits per heavy atom. The van der Waals surface area contributed by atoms with Crippen molar-refractivity contribution in [2.75, 3.05) is 11.9 Å². The van der Waals surface area contributed by atoms with Gasteiger partial charge in [-0.05, 0) is 62.9 Å². The molecule has 0 aliphatic heterocycles. The Balaban J connectivity index is 1.62. The Bertz CT molecular complexity index is 1030. The lowest BCUT2D eigenvalue weighted by molar-refractivity contribution is 0.0951. The molecule has 1 saturated carbocycles. The van der Waals surface area contributed by atoms with Gasteiger partial charge in [0.1, 0.15) is 4.83 Å². The summed E-state index contributed by atoms with van der Waals surface area (Å²) >= 11 is 1.60. The van der Waals surface area contributed by atoms with Crippen LogP contribution in [0.5, 0.6) is 0 Å². The number of carbonyl (C=O) groups is 1. The normalized spacial score (nSPS) is 14.3. The third-order valence-corrected chi connectivity index (χ3v) is 5.73. The van der Waals surface area contributed by atoms with Crippen LogP contribution in [0.3, 0.4) is 0 Å². The highest BCUT2D eigenvalue weighted by Crippen LogP contribution is 2.35. The minimum Gasteiger partial charge on any atom is -0.352 e. The van der Waals surface area contributed by atoms with Crippen molar-refractivity contribution in [3.05, 3.63) is 41.6 Å². The summed E-state index contributed by atoms with van der Waals surface area (Å²) in [6, 6.07) is 8.30. The summed E-state index contributed by atoms with van der Waals surface area (Å²) in [4.78, 5) is 23.4. The van der Waals surface area contributed by atoms with Gasteiger partial charge >= 0.3 is 0 Å². The van der Waals surface area contributed by atoms with Crippen molar-refractivity contribution in [2.24, 2.45) is 5.73 Å². The van der Waals surface area contributed by atoms with E-state index < -0.39 is 0 Å². The number of nitrogens with zero attached hydrogens (tertiary/aromatic N) is 2. The van der Waals surface area contributed by atoms with Gasteiger partial charge in [0, 0.05) is 40.1 Å². The molecule has 3 aromatic rings. The van der Waals surface area contributed by atoms with Crippen LogP contribution in [0.2, 0.25) is 0 Å². The van der Waals surface area contributed by atoms with Gasteiger partial charge in [0.25, 0.3) is 5.91 Å². The van der Waals surface area contributed by atoms with E-state index in [1.54, 1.807) is 11.3 Å². The van der Waals surface area contributed by atoms with Crippen LogP contribution in [-0.2, 0) is 0 Å². The highest BCUT2D eigenvalue weighted by molar-refractivity contribution is 7.21. The van der Waals surface area contributed by atoms with Crippen molar-refractivity contribution in [1.82, 2.24) is 15.3 Å². The van der Waals surface area contributed by atoms with E-state index in [0.29, 0.717) is 24.1 Å². The average Bonchev–Trinajstić information content (AvgIpc) is 3.35. The molecule has 0 atom stereocenters. The number of aromatic nitrogens is 2. The Morgan fingerprint density at radius 2 is 2.11 bits per heavy atom. The number of hydrogen-bond donors (Lipinski definition) is 3. The van der Waals surface area contributed by atoms with Crippen LogP contribution >= 0.6 is 11.3 Å². The Hall–Kier alpha value is -2.51. The molecule has 7 heteroatoms. The van der Waals surface area contributed by atoms with E-state index in [1.807, 2.05) is 38.2 Å². The standard InChI is InChI=1S/C21H25N5OS/c1-12-4-5-13(18(27)25-15-6-7-15)8-16(12)17-9-14-10-23-20(26-19(14)28-17)24-11-21(2,3)22/h4-5,8-10,15H,6-7,11,22H2,1-3H3,(H,25,27)(H,23,24,26). The van der Waals surface area contributed by atoms with Crippen LogP contribution in [0.4, 0.5) is 5.95 Å². The summed E-state index contributed by atoms with van der Waals surface area (Å²) in [5.41, 5.74) is 8.57. The molecule has 1 fully saturated rings. The van der Waals surface area contributed by atoms with Gasteiger partial charge in [-0.2, -0.15) is 0 Å². The van der Waals surface area contributed by atoms with Gasteiger partial charge in [-0.1, -0.05) is 6.07 Å². The van der Waals surface area contributed by atoms with Crippen molar-refractivity contribution in [3.8, 4) is 10.4 Å². The quantitative estimate of drug-likeness (QED) is 0.592. The number of amides is 1. The molecule has 6 nitrogen and oxygen atoms in total. The van der Waals surface area contributed by atoms with Crippen molar-refractivity contribution >= 4 is 33.4 Å². The van der Waals surface area contributed by atoms with E-state index >= 15 is 0 Å². The fraction of sp³-hybridized carbons (Fsp3) is 0.381. The zero-order valence-corrected chi connectivity index (χ0v) is 17.2. The van der Waals surface area contributed by atoms with Crippen LogP contribution in [0.25, 0.3) is 20.7 Å². The second-order valence-electron chi connectivity index (χ2n) is 8.18. The second-order valence-corrected chi connectivity index (χ2v) is 9.21. The van der Waals surface area contributed by atoms with Gasteiger partial charge in [-0.25, -0.2) is 9.97 Å². The van der Waals surface area contributed by atoms with Gasteiger partial charge in [0.2, 0.25) is 5.95 Å². The molecule has 0 saturated heterocycles. The first-order valence-electron chi connectivity index (χ1n) is 9.50. The fourth-order valence-electron chi connectivity index (χ4n) is 2.88. The number of rotatable bonds is 6. The van der Waals surface area contributed by atoms with Crippen LogP contribution in [0, 0.1) is 6.92 Å². The maximum atomic E-state index is 12.4. The van der Waals surface area contributed by atoms with E-state index in [0.717, 1.165) is 39.1 Å². The molecule has 0 bridgehead atoms. The van der Waals surface area contributed by atoms with E-state index in [4.69, 9.17) is 5.73 Å². The predicted molar refractivity (Wildman–Crippen MR) is 115 cm³/mol. The second kappa shape index (κ2) is 7.14. The maximum absolute atomic E-state index is 12.4. The van der Waals surface area contributed by atoms with E-state index in [9.17, 15) is 4.79 Å². The van der Waals surface area contributed by atoms with E-state index in [2.05, 4.69) is 33.6 Å². The van der Waals surface area contributed by atoms with Crippen LogP contribution in [0.15, 0.2) is 30.5 Å². The van der Waals surface area contributed by atoms with E-state index in [1.165, 1.54) is 0 Å². The molecule has 2 heterocycles. The summed E-state index contributed by atoms with van der Waals surface area (Å²) in [7, 11) is 0. The first-order valence-corrected chi connectivity index (χ1v) is 10.3. The van der Waals surface area contributed by atoms with Crippen molar-refractivity contribution < 1.29 is 4.79 Å². The molecular formula is C21H25N5OS. The topological polar surface area (TPSA) is 92.9 Å². The van der Waals surface area contributed by atoms with Crippen LogP contribution in [0.1, 0.15) is 42.6 Å². The number of nitrogens with two attached hydrogens (primary N) is 1. The average molecular weight is 396 g/mol. The molecule has 1 aliphatic carbocycles. The molecule has 0 spiro atoms. The highest BCUT2D eigenvalue weighted by atomic mass is 32.1. The van der Waals surface area contributed by atoms with Gasteiger partial charge < -0.3 is 16.4 Å². The molecular weight excluding hydrogens is 370 g/mol. The number of nitrogens with one attached hydrogen (secondary N) is 2. The molecule has 4 N–H and O–H groups in total. The first kappa shape index (κ1) is 18.8. The maximum Gasteiger partial charge on any atom is 0.251 e. The zero-order chi connectivity index (χ0) is 19.9. The lowest BCUT2D eigenvalue weighted by Gasteiger charge is -2.18. The third-order valence-electron chi connectivity index (χ3n) is 4.65. The molecule has 0 radical (unpaired) electrons. The third kappa shape index (κ3) is 4.31. The largest absolute Gasteiger partial charge is 0.352 e. The summed E-state index contributed by atoms with van der Waals surface area (Å²) in [5.74, 6) is 0.578. The molecule has 0 unspecified atom stereocenters. The van der Waals surface area contributed by atoms with Gasteiger partial charge in [-0.3, -0.25) is 4.79 Å². The van der Waals surface area contributed by atoms with Gasteiger partial charge in [-0.15, -0.1) is 11.3 Å². The van der Waals surface area contributed by atoms with Crippen LogP contribution < -0.4 is 16.4 Å². The smallest absolute Gasteiger partial charge is 0.251 e. The minimum absolute atomic E-state index is 0.000498. The summed E-state index contributed by atoms with van der Waals surface area (Å²) in [6.45, 7) is 6.56. The molecule has 1 aliphatic rings. The summed E-state index contributed by atoms with van der Waals surface area (Å²) in [6.07, 6.45) is 3.99. The van der Waals surface area contributed by atoms with Crippen molar-refractivity contribution in [1.29, 1.82) is 0 Å². The Labute approximate surface area is 168 Å². The first-order chi connectivity index (χ1) is 13.3. The number of thiophene rings is 1. The molecule has 2 aromatic heterocycles. The molecule has 1 aromatic carbocycles. The summed E-state index contributed by atoms with van der Waals surface area (Å²) < 4.78 is 0. The molecule has 146 valence electrons. The number of anilines is 1. The zero-order valence-electron chi connectivity index (χ0n) is 16.4. The lowest BCUT2D eigenvalue weighted by Crippen LogP contribution is -2.39. The van der Waals surface area contributed by atoms with E-state index in [-0.39, 0.29) is 11.4 Å². The number of aryl methyl sites for hydroxylation is 1. The lowest BCUT2D eigenvalue weighted by atomic mass is 10.0. The monoisotopic (exact) mass is 395 g/mol. The number of fused-ring (bicyclic) bond motifs is 1. The van der Waals surface area contributed by atoms with Crippen molar-refractivity contribution in [2.45, 2.75) is 45.2 Å². The Kier molecular flexibility index (Phi) is 4.81. The fourth-order valence-corrected chi connectivity index (χ4v) is 3.97. The molecule has 4 rings (SSSR count). The van der Waals surface area contributed by atoms with Gasteiger partial charge in [0.05, 0.1) is 0 Å². The van der Waals surface area contributed by atoms with Crippen molar-refractivity contribution in [3.63, 3.8) is 0 Å². The van der Waals surface area contributed by atoms with Crippen LogP contribution in [-0.4, -0.2) is 34.0 Å². The highest BCUT2D eigenvalue weighted by Gasteiger charge is 2.24. The molecule has 28 heavy (non-hydrogen) atoms. The summed E-state index contributed by atoms with van der Waals surface area (Å²) in [5, 5.41) is 7.23. The molecule has 1 amide bonds. The SMILES string of the molecule is Cc1ccc(C(=O)NC2CC2)cc1-c1cc2cnc(NCC(C)(C)N)nc2s1.